The molecule has 1 fully saturated rings. The first-order valence-electron chi connectivity index (χ1n) is 7.14. The van der Waals surface area contributed by atoms with Crippen molar-refractivity contribution in [1.82, 2.24) is 4.90 Å². The van der Waals surface area contributed by atoms with Gasteiger partial charge in [-0.05, 0) is 39.1 Å². The van der Waals surface area contributed by atoms with Gasteiger partial charge in [-0.2, -0.15) is 0 Å². The number of nitrogens with zero attached hydrogens (tertiary/aromatic N) is 1. The van der Waals surface area contributed by atoms with Gasteiger partial charge in [-0.25, -0.2) is 0 Å². The Morgan fingerprint density at radius 2 is 1.89 bits per heavy atom. The fraction of sp³-hybridized carbons (Fsp3) is 0.733. The van der Waals surface area contributed by atoms with Crippen molar-refractivity contribution in [3.8, 4) is 0 Å². The van der Waals surface area contributed by atoms with Crippen LogP contribution in [0.2, 0.25) is 4.34 Å². The van der Waals surface area contributed by atoms with E-state index in [1.165, 1.54) is 30.6 Å². The van der Waals surface area contributed by atoms with Gasteiger partial charge >= 0.3 is 0 Å². The highest BCUT2D eigenvalue weighted by atomic mass is 35.5. The number of halogens is 1. The quantitative estimate of drug-likeness (QED) is 0.851. The molecule has 0 spiro atoms. The molecular formula is C15H24ClNOS. The molecule has 1 aliphatic rings. The van der Waals surface area contributed by atoms with Crippen molar-refractivity contribution in [1.29, 1.82) is 0 Å². The highest BCUT2D eigenvalue weighted by Crippen LogP contribution is 2.36. The summed E-state index contributed by atoms with van der Waals surface area (Å²) >= 11 is 7.56. The van der Waals surface area contributed by atoms with Crippen LogP contribution in [-0.2, 0) is 6.42 Å². The highest BCUT2D eigenvalue weighted by Gasteiger charge is 2.40. The van der Waals surface area contributed by atoms with Crippen molar-refractivity contribution < 1.29 is 5.11 Å². The van der Waals surface area contributed by atoms with Gasteiger partial charge in [0.05, 0.1) is 10.4 Å². The van der Waals surface area contributed by atoms with Crippen LogP contribution in [0.1, 0.15) is 43.4 Å². The monoisotopic (exact) mass is 301 g/mol. The average Bonchev–Trinajstić information content (AvgIpc) is 2.65. The third kappa shape index (κ3) is 3.52. The van der Waals surface area contributed by atoms with Crippen molar-refractivity contribution >= 4 is 22.9 Å². The average molecular weight is 302 g/mol. The second-order valence-electron chi connectivity index (χ2n) is 5.84. The van der Waals surface area contributed by atoms with Crippen molar-refractivity contribution in [3.05, 3.63) is 21.3 Å². The van der Waals surface area contributed by atoms with E-state index in [0.29, 0.717) is 0 Å². The lowest BCUT2D eigenvalue weighted by Crippen LogP contribution is -2.54. The fourth-order valence-electron chi connectivity index (χ4n) is 3.26. The zero-order valence-corrected chi connectivity index (χ0v) is 13.4. The van der Waals surface area contributed by atoms with Gasteiger partial charge in [-0.15, -0.1) is 11.3 Å². The number of hydrogen-bond acceptors (Lipinski definition) is 3. The second-order valence-corrected chi connectivity index (χ2v) is 7.64. The number of likely N-dealkylation sites (N-methyl/N-ethyl adjacent to an activating group) is 1. The van der Waals surface area contributed by atoms with Gasteiger partial charge in [-0.3, -0.25) is 0 Å². The summed E-state index contributed by atoms with van der Waals surface area (Å²) in [6.45, 7) is 0. The first kappa shape index (κ1) is 15.3. The van der Waals surface area contributed by atoms with Crippen LogP contribution in [0.5, 0.6) is 0 Å². The molecule has 0 bridgehead atoms. The normalized spacial score (nSPS) is 21.3. The highest BCUT2D eigenvalue weighted by molar-refractivity contribution is 7.16. The van der Waals surface area contributed by atoms with E-state index < -0.39 is 0 Å². The number of hydrogen-bond donors (Lipinski definition) is 1. The van der Waals surface area contributed by atoms with Crippen LogP contribution < -0.4 is 0 Å². The molecular weight excluding hydrogens is 278 g/mol. The fourth-order valence-corrected chi connectivity index (χ4v) is 4.39. The molecule has 108 valence electrons. The van der Waals surface area contributed by atoms with E-state index in [1.807, 2.05) is 12.1 Å². The molecule has 1 aliphatic carbocycles. The van der Waals surface area contributed by atoms with Crippen LogP contribution in [0, 0.1) is 0 Å². The molecule has 1 unspecified atom stereocenters. The van der Waals surface area contributed by atoms with Crippen LogP contribution >= 0.6 is 22.9 Å². The minimum atomic E-state index is -0.310. The van der Waals surface area contributed by atoms with Gasteiger partial charge in [0.2, 0.25) is 0 Å². The molecule has 1 N–H and O–H groups in total. The van der Waals surface area contributed by atoms with E-state index in [9.17, 15) is 5.11 Å². The van der Waals surface area contributed by atoms with E-state index in [2.05, 4.69) is 19.0 Å². The van der Waals surface area contributed by atoms with E-state index in [4.69, 9.17) is 11.6 Å². The molecule has 1 atom stereocenters. The molecule has 0 aliphatic heterocycles. The third-order valence-corrected chi connectivity index (χ3v) is 5.76. The summed E-state index contributed by atoms with van der Waals surface area (Å²) in [4.78, 5) is 3.43. The number of aliphatic hydroxyl groups excluding tert-OH is 1. The Kier molecular flexibility index (Phi) is 5.29. The van der Waals surface area contributed by atoms with Gasteiger partial charge < -0.3 is 10.0 Å². The smallest absolute Gasteiger partial charge is 0.0931 e. The molecule has 0 radical (unpaired) electrons. The summed E-state index contributed by atoms with van der Waals surface area (Å²) in [7, 11) is 4.21. The Bertz CT molecular complexity index is 397. The summed E-state index contributed by atoms with van der Waals surface area (Å²) in [5, 5.41) is 10.8. The Morgan fingerprint density at radius 1 is 1.26 bits per heavy atom. The van der Waals surface area contributed by atoms with E-state index in [-0.39, 0.29) is 11.6 Å². The predicted molar refractivity (Wildman–Crippen MR) is 83.2 cm³/mol. The van der Waals surface area contributed by atoms with Crippen molar-refractivity contribution in [2.75, 3.05) is 14.1 Å². The third-order valence-electron chi connectivity index (χ3n) is 4.50. The minimum absolute atomic E-state index is 0.0625. The standard InChI is InChI=1S/C15H24ClNOS/c1-17(2)15(9-5-3-4-6-10-15)13(18)11-12-7-8-14(16)19-12/h7-8,13,18H,3-6,9-11H2,1-2H3. The molecule has 2 rings (SSSR count). The van der Waals surface area contributed by atoms with E-state index >= 15 is 0 Å². The number of thiophene rings is 1. The number of aliphatic hydroxyl groups is 1. The van der Waals surface area contributed by atoms with Gasteiger partial charge in [0, 0.05) is 16.8 Å². The first-order valence-corrected chi connectivity index (χ1v) is 8.34. The molecule has 1 heterocycles. The lowest BCUT2D eigenvalue weighted by molar-refractivity contribution is -0.0170. The molecule has 2 nitrogen and oxygen atoms in total. The zero-order valence-electron chi connectivity index (χ0n) is 11.9. The van der Waals surface area contributed by atoms with Crippen molar-refractivity contribution in [2.45, 2.75) is 56.6 Å². The molecule has 0 saturated heterocycles. The van der Waals surface area contributed by atoms with Crippen molar-refractivity contribution in [3.63, 3.8) is 0 Å². The topological polar surface area (TPSA) is 23.5 Å². The maximum atomic E-state index is 10.8. The maximum absolute atomic E-state index is 10.8. The second kappa shape index (κ2) is 6.57. The van der Waals surface area contributed by atoms with Crippen LogP contribution in [0.15, 0.2) is 12.1 Å². The van der Waals surface area contributed by atoms with Crippen molar-refractivity contribution in [2.24, 2.45) is 0 Å². The zero-order chi connectivity index (χ0) is 13.9. The van der Waals surface area contributed by atoms with Gasteiger partial charge in [-0.1, -0.05) is 37.3 Å². The van der Waals surface area contributed by atoms with Crippen LogP contribution in [-0.4, -0.2) is 35.7 Å². The minimum Gasteiger partial charge on any atom is -0.391 e. The summed E-state index contributed by atoms with van der Waals surface area (Å²) in [6, 6.07) is 3.96. The van der Waals surface area contributed by atoms with Crippen LogP contribution in [0.3, 0.4) is 0 Å². The molecule has 1 aromatic heterocycles. The lowest BCUT2D eigenvalue weighted by Gasteiger charge is -2.43. The Morgan fingerprint density at radius 3 is 2.37 bits per heavy atom. The SMILES string of the molecule is CN(C)C1(C(O)Cc2ccc(Cl)s2)CCCCCC1. The Hall–Kier alpha value is -0.0900. The molecule has 1 saturated carbocycles. The summed E-state index contributed by atoms with van der Waals surface area (Å²) < 4.78 is 0.807. The molecule has 4 heteroatoms. The summed E-state index contributed by atoms with van der Waals surface area (Å²) in [5.74, 6) is 0. The van der Waals surface area contributed by atoms with E-state index in [1.54, 1.807) is 11.3 Å². The van der Waals surface area contributed by atoms with Crippen LogP contribution in [0.25, 0.3) is 0 Å². The Balaban J connectivity index is 2.13. The first-order chi connectivity index (χ1) is 9.04. The van der Waals surface area contributed by atoms with Gasteiger partial charge in [0.25, 0.3) is 0 Å². The summed E-state index contributed by atoms with van der Waals surface area (Å²) in [6.07, 6.45) is 7.65. The lowest BCUT2D eigenvalue weighted by atomic mass is 9.81. The van der Waals surface area contributed by atoms with E-state index in [0.717, 1.165) is 23.6 Å². The van der Waals surface area contributed by atoms with Gasteiger partial charge in [0.1, 0.15) is 0 Å². The molecule has 1 aromatic rings. The largest absolute Gasteiger partial charge is 0.391 e. The van der Waals surface area contributed by atoms with Gasteiger partial charge in [0.15, 0.2) is 0 Å². The molecule has 0 aromatic carbocycles. The van der Waals surface area contributed by atoms with Crippen LogP contribution in [0.4, 0.5) is 0 Å². The maximum Gasteiger partial charge on any atom is 0.0931 e. The predicted octanol–water partition coefficient (Wildman–Crippen LogP) is 3.96. The Labute approximate surface area is 125 Å². The molecule has 0 amide bonds. The molecule has 19 heavy (non-hydrogen) atoms. The summed E-state index contributed by atoms with van der Waals surface area (Å²) in [5.41, 5.74) is -0.0625. The number of rotatable bonds is 4.